The third-order valence-electron chi connectivity index (χ3n) is 7.93. The van der Waals surface area contributed by atoms with E-state index in [0.29, 0.717) is 29.7 Å². The van der Waals surface area contributed by atoms with Crippen molar-refractivity contribution in [1.29, 1.82) is 5.26 Å². The van der Waals surface area contributed by atoms with E-state index < -0.39 is 35.5 Å². The fourth-order valence-corrected chi connectivity index (χ4v) is 5.10. The van der Waals surface area contributed by atoms with Gasteiger partial charge in [0, 0.05) is 41.3 Å². The summed E-state index contributed by atoms with van der Waals surface area (Å²) in [6, 6.07) is 14.1. The first-order chi connectivity index (χ1) is 21.7. The second-order valence-corrected chi connectivity index (χ2v) is 11.0. The number of aromatic nitrogens is 4. The smallest absolute Gasteiger partial charge is 0.337 e. The van der Waals surface area contributed by atoms with Crippen LogP contribution in [0, 0.1) is 34.2 Å². The summed E-state index contributed by atoms with van der Waals surface area (Å²) in [6.45, 7) is -0.529. The molecule has 0 amide bonds. The molecule has 1 saturated carbocycles. The van der Waals surface area contributed by atoms with Crippen LogP contribution in [0.1, 0.15) is 45.7 Å². The van der Waals surface area contributed by atoms with E-state index >= 15 is 8.78 Å². The molecule has 0 N–H and O–H groups in total. The third kappa shape index (κ3) is 6.06. The van der Waals surface area contributed by atoms with Crippen LogP contribution in [0.5, 0.6) is 6.01 Å². The summed E-state index contributed by atoms with van der Waals surface area (Å²) in [5.74, 6) is -2.54. The number of nitrogens with zero attached hydrogens (tertiary/aromatic N) is 5. The second-order valence-electron chi connectivity index (χ2n) is 11.0. The van der Waals surface area contributed by atoms with Crippen molar-refractivity contribution in [3.63, 3.8) is 0 Å². The second kappa shape index (κ2) is 12.0. The van der Waals surface area contributed by atoms with E-state index in [2.05, 4.69) is 15.0 Å². The fourth-order valence-electron chi connectivity index (χ4n) is 5.10. The van der Waals surface area contributed by atoms with Crippen LogP contribution >= 0.6 is 0 Å². The Labute approximate surface area is 254 Å². The van der Waals surface area contributed by atoms with Crippen LogP contribution < -0.4 is 4.74 Å². The van der Waals surface area contributed by atoms with Crippen LogP contribution in [-0.4, -0.2) is 39.3 Å². The zero-order chi connectivity index (χ0) is 31.7. The number of carbonyl (C=O) groups is 1. The van der Waals surface area contributed by atoms with Gasteiger partial charge in [-0.05, 0) is 61.4 Å². The molecule has 2 aromatic heterocycles. The number of alkyl halides is 1. The molecule has 1 aliphatic carbocycles. The van der Waals surface area contributed by atoms with Gasteiger partial charge in [0.1, 0.15) is 29.9 Å². The van der Waals surface area contributed by atoms with Crippen molar-refractivity contribution < 1.29 is 31.8 Å². The predicted octanol–water partition coefficient (Wildman–Crippen LogP) is 6.49. The molecule has 5 aromatic rings. The van der Waals surface area contributed by atoms with Crippen molar-refractivity contribution in [2.45, 2.75) is 32.4 Å². The highest BCUT2D eigenvalue weighted by Crippen LogP contribution is 2.48. The Morgan fingerprint density at radius 3 is 2.47 bits per heavy atom. The Morgan fingerprint density at radius 1 is 1.02 bits per heavy atom. The Balaban J connectivity index is 1.28. The summed E-state index contributed by atoms with van der Waals surface area (Å²) in [5.41, 5.74) is 1.13. The number of fused-ring (bicyclic) bond motifs is 1. The van der Waals surface area contributed by atoms with E-state index in [0.717, 1.165) is 18.2 Å². The van der Waals surface area contributed by atoms with Gasteiger partial charge in [-0.3, -0.25) is 4.39 Å². The maximum Gasteiger partial charge on any atom is 0.337 e. The number of rotatable bonds is 10. The molecular weight excluding hydrogens is 590 g/mol. The van der Waals surface area contributed by atoms with Gasteiger partial charge in [0.2, 0.25) is 0 Å². The minimum Gasteiger partial charge on any atom is -0.465 e. The van der Waals surface area contributed by atoms with Crippen molar-refractivity contribution in [2.24, 2.45) is 5.41 Å². The van der Waals surface area contributed by atoms with E-state index in [4.69, 9.17) is 14.7 Å². The van der Waals surface area contributed by atoms with E-state index in [1.807, 2.05) is 6.07 Å². The van der Waals surface area contributed by atoms with E-state index in [9.17, 15) is 13.6 Å². The van der Waals surface area contributed by atoms with Crippen LogP contribution in [0.4, 0.5) is 17.6 Å². The zero-order valence-corrected chi connectivity index (χ0v) is 24.0. The van der Waals surface area contributed by atoms with Crippen LogP contribution in [0.2, 0.25) is 0 Å². The normalized spacial score (nSPS) is 13.4. The molecule has 12 heteroatoms. The topological polar surface area (TPSA) is 103 Å². The van der Waals surface area contributed by atoms with Crippen molar-refractivity contribution in [2.75, 3.05) is 13.8 Å². The summed E-state index contributed by atoms with van der Waals surface area (Å²) in [5, 5.41) is 8.91. The highest BCUT2D eigenvalue weighted by Gasteiger charge is 2.44. The fraction of sp³-hybridized carbons (Fsp3) is 0.242. The molecule has 6 rings (SSSR count). The Hall–Kier alpha value is -5.31. The third-order valence-corrected chi connectivity index (χ3v) is 7.93. The standard InChI is InChI=1S/C33H25F4N5O3/c1-44-31(43)20-4-5-28-29(13-20)42(18-33(17-34)7-8-33)30(40-28)14-23-25(36)11-22(12-26(23)37)27-6-9-39-32(41-27)45-16-21-3-2-19(15-38)10-24(21)35/h2-6,9-13H,7-8,14,16-18H2,1H3. The number of methoxy groups -OCH3 is 1. The zero-order valence-electron chi connectivity index (χ0n) is 24.0. The number of benzene rings is 3. The highest BCUT2D eigenvalue weighted by atomic mass is 19.1. The Kier molecular flexibility index (Phi) is 7.93. The first-order valence-corrected chi connectivity index (χ1v) is 14.0. The Morgan fingerprint density at radius 2 is 1.80 bits per heavy atom. The summed E-state index contributed by atoms with van der Waals surface area (Å²) >= 11 is 0. The van der Waals surface area contributed by atoms with Crippen molar-refractivity contribution >= 4 is 17.0 Å². The lowest BCUT2D eigenvalue weighted by atomic mass is 10.0. The molecule has 0 spiro atoms. The average Bonchev–Trinajstić information content (AvgIpc) is 3.76. The molecule has 0 aliphatic heterocycles. The molecule has 0 saturated heterocycles. The minimum atomic E-state index is -0.841. The lowest BCUT2D eigenvalue weighted by Gasteiger charge is -2.16. The predicted molar refractivity (Wildman–Crippen MR) is 154 cm³/mol. The Bertz CT molecular complexity index is 1960. The van der Waals surface area contributed by atoms with Gasteiger partial charge in [0.05, 0.1) is 47.7 Å². The van der Waals surface area contributed by atoms with E-state index in [1.54, 1.807) is 22.8 Å². The maximum absolute atomic E-state index is 15.5. The van der Waals surface area contributed by atoms with Crippen molar-refractivity contribution in [3.05, 3.63) is 106 Å². The molecule has 0 radical (unpaired) electrons. The molecule has 228 valence electrons. The molecular formula is C33H25F4N5O3. The lowest BCUT2D eigenvalue weighted by Crippen LogP contribution is -2.17. The monoisotopic (exact) mass is 615 g/mol. The molecule has 0 atom stereocenters. The number of halogens is 4. The quantitative estimate of drug-likeness (QED) is 0.131. The first-order valence-electron chi connectivity index (χ1n) is 14.0. The molecule has 45 heavy (non-hydrogen) atoms. The first kappa shape index (κ1) is 29.7. The summed E-state index contributed by atoms with van der Waals surface area (Å²) < 4.78 is 71.3. The number of nitriles is 1. The molecule has 1 aliphatic rings. The van der Waals surface area contributed by atoms with Gasteiger partial charge in [-0.2, -0.15) is 10.2 Å². The van der Waals surface area contributed by atoms with E-state index in [1.165, 1.54) is 31.5 Å². The van der Waals surface area contributed by atoms with Gasteiger partial charge in [0.15, 0.2) is 0 Å². The van der Waals surface area contributed by atoms with Gasteiger partial charge in [-0.25, -0.2) is 27.9 Å². The molecule has 3 aromatic carbocycles. The van der Waals surface area contributed by atoms with Crippen LogP contribution in [0.25, 0.3) is 22.3 Å². The molecule has 0 unspecified atom stereocenters. The largest absolute Gasteiger partial charge is 0.465 e. The number of imidazole rings is 1. The van der Waals surface area contributed by atoms with E-state index in [-0.39, 0.29) is 59.1 Å². The minimum absolute atomic E-state index is 0.121. The average molecular weight is 616 g/mol. The summed E-state index contributed by atoms with van der Waals surface area (Å²) in [6.07, 6.45) is 2.46. The van der Waals surface area contributed by atoms with Crippen molar-refractivity contribution in [1.82, 2.24) is 19.5 Å². The SMILES string of the molecule is COC(=O)c1ccc2nc(Cc3c(F)cc(-c4ccnc(OCc5ccc(C#N)cc5F)n4)cc3F)n(CC3(CF)CC3)c2c1. The summed E-state index contributed by atoms with van der Waals surface area (Å²) in [4.78, 5) is 25.0. The number of hydrogen-bond donors (Lipinski definition) is 0. The van der Waals surface area contributed by atoms with Gasteiger partial charge < -0.3 is 14.0 Å². The van der Waals surface area contributed by atoms with Gasteiger partial charge in [0.25, 0.3) is 0 Å². The number of ether oxygens (including phenoxy) is 2. The van der Waals surface area contributed by atoms with Crippen LogP contribution in [-0.2, 0) is 24.3 Å². The maximum atomic E-state index is 15.5. The molecule has 8 nitrogen and oxygen atoms in total. The summed E-state index contributed by atoms with van der Waals surface area (Å²) in [7, 11) is 1.26. The molecule has 2 heterocycles. The van der Waals surface area contributed by atoms with Gasteiger partial charge in [-0.15, -0.1) is 0 Å². The lowest BCUT2D eigenvalue weighted by molar-refractivity contribution is 0.0601. The number of esters is 1. The highest BCUT2D eigenvalue weighted by molar-refractivity contribution is 5.93. The van der Waals surface area contributed by atoms with Gasteiger partial charge >= 0.3 is 12.0 Å². The van der Waals surface area contributed by atoms with Crippen molar-refractivity contribution in [3.8, 4) is 23.3 Å². The van der Waals surface area contributed by atoms with Gasteiger partial charge in [-0.1, -0.05) is 6.07 Å². The number of carbonyl (C=O) groups excluding carboxylic acids is 1. The van der Waals surface area contributed by atoms with Crippen LogP contribution in [0.3, 0.4) is 0 Å². The van der Waals surface area contributed by atoms with Crippen LogP contribution in [0.15, 0.2) is 60.8 Å². The molecule has 1 fully saturated rings. The number of hydrogen-bond acceptors (Lipinski definition) is 7. The molecule has 0 bridgehead atoms.